The van der Waals surface area contributed by atoms with Gasteiger partial charge in [-0.1, -0.05) is 42.5 Å². The van der Waals surface area contributed by atoms with Gasteiger partial charge in [-0.15, -0.1) is 0 Å². The second-order valence-corrected chi connectivity index (χ2v) is 9.12. The zero-order chi connectivity index (χ0) is 19.1. The van der Waals surface area contributed by atoms with E-state index in [9.17, 15) is 8.42 Å². The van der Waals surface area contributed by atoms with Crippen molar-refractivity contribution in [3.63, 3.8) is 0 Å². The van der Waals surface area contributed by atoms with E-state index in [0.29, 0.717) is 19.8 Å². The van der Waals surface area contributed by atoms with Crippen LogP contribution in [0.25, 0.3) is 0 Å². The molecular formula is C21H21N3O3S. The molecule has 0 bridgehead atoms. The van der Waals surface area contributed by atoms with Crippen molar-refractivity contribution < 1.29 is 13.2 Å². The van der Waals surface area contributed by atoms with Crippen LogP contribution in [0.4, 0.5) is 5.69 Å². The Kier molecular flexibility index (Phi) is 4.21. The minimum Gasteiger partial charge on any atom is -0.379 e. The van der Waals surface area contributed by atoms with Crippen LogP contribution >= 0.6 is 0 Å². The highest BCUT2D eigenvalue weighted by Crippen LogP contribution is 2.34. The van der Waals surface area contributed by atoms with Gasteiger partial charge in [0.15, 0.2) is 0 Å². The van der Waals surface area contributed by atoms with E-state index < -0.39 is 10.0 Å². The van der Waals surface area contributed by atoms with Crippen molar-refractivity contribution in [2.45, 2.75) is 30.3 Å². The molecule has 0 amide bonds. The molecule has 1 fully saturated rings. The molecule has 2 aliphatic rings. The van der Waals surface area contributed by atoms with Gasteiger partial charge in [0.05, 0.1) is 31.1 Å². The molecule has 5 rings (SSSR count). The van der Waals surface area contributed by atoms with Crippen LogP contribution in [0.15, 0.2) is 65.8 Å². The van der Waals surface area contributed by atoms with E-state index in [-0.39, 0.29) is 10.9 Å². The van der Waals surface area contributed by atoms with Gasteiger partial charge >= 0.3 is 0 Å². The van der Waals surface area contributed by atoms with Gasteiger partial charge in [-0.3, -0.25) is 8.99 Å². The standard InChI is InChI=1S/C21H21N3O3S/c25-28(26,20-12-22-23(14-20)19-9-10-27-15-19)24-13-18-7-2-1-5-16(18)11-17-6-3-4-8-21(17)24/h1-8,12,14,19H,9-11,13,15H2. The molecule has 2 aliphatic heterocycles. The van der Waals surface area contributed by atoms with Crippen LogP contribution in [0, 0.1) is 0 Å². The minimum atomic E-state index is -3.74. The summed E-state index contributed by atoms with van der Waals surface area (Å²) in [5.74, 6) is 0. The van der Waals surface area contributed by atoms with Crippen LogP contribution in [0.1, 0.15) is 29.2 Å². The second-order valence-electron chi connectivity index (χ2n) is 7.26. The molecular weight excluding hydrogens is 374 g/mol. The van der Waals surface area contributed by atoms with Crippen molar-refractivity contribution in [1.29, 1.82) is 0 Å². The zero-order valence-corrected chi connectivity index (χ0v) is 16.2. The highest BCUT2D eigenvalue weighted by Gasteiger charge is 2.31. The molecule has 6 nitrogen and oxygen atoms in total. The van der Waals surface area contributed by atoms with E-state index in [2.05, 4.69) is 11.2 Å². The number of anilines is 1. The quantitative estimate of drug-likeness (QED) is 0.683. The SMILES string of the molecule is O=S(=O)(c1cnn(C2CCOC2)c1)N1Cc2ccccc2Cc2ccccc21. The monoisotopic (exact) mass is 395 g/mol. The van der Waals surface area contributed by atoms with Gasteiger partial charge in [0, 0.05) is 12.8 Å². The maximum absolute atomic E-state index is 13.6. The molecule has 0 spiro atoms. The lowest BCUT2D eigenvalue weighted by atomic mass is 10.0. The first-order valence-electron chi connectivity index (χ1n) is 9.42. The lowest BCUT2D eigenvalue weighted by molar-refractivity contribution is 0.184. The molecule has 2 aromatic carbocycles. The number of rotatable bonds is 3. The Labute approximate surface area is 164 Å². The van der Waals surface area contributed by atoms with Gasteiger partial charge in [-0.25, -0.2) is 8.42 Å². The van der Waals surface area contributed by atoms with Crippen LogP contribution in [-0.2, 0) is 27.7 Å². The maximum atomic E-state index is 13.6. The fourth-order valence-electron chi connectivity index (χ4n) is 3.96. The molecule has 0 saturated carbocycles. The number of sulfonamides is 1. The fourth-order valence-corrected chi connectivity index (χ4v) is 5.38. The summed E-state index contributed by atoms with van der Waals surface area (Å²) in [6.07, 6.45) is 4.65. The molecule has 0 N–H and O–H groups in total. The second kappa shape index (κ2) is 6.76. The van der Waals surface area contributed by atoms with E-state index in [1.807, 2.05) is 42.5 Å². The maximum Gasteiger partial charge on any atom is 0.267 e. The fraction of sp³-hybridized carbons (Fsp3) is 0.286. The lowest BCUT2D eigenvalue weighted by Gasteiger charge is -2.24. The van der Waals surface area contributed by atoms with Crippen LogP contribution in [0.3, 0.4) is 0 Å². The summed E-state index contributed by atoms with van der Waals surface area (Å²) in [4.78, 5) is 0.216. The average Bonchev–Trinajstić information content (AvgIpc) is 3.36. The number of ether oxygens (including phenoxy) is 1. The third-order valence-electron chi connectivity index (χ3n) is 5.52. The largest absolute Gasteiger partial charge is 0.379 e. The summed E-state index contributed by atoms with van der Waals surface area (Å²) in [6, 6.07) is 15.8. The van der Waals surface area contributed by atoms with Crippen molar-refractivity contribution in [3.05, 3.63) is 77.6 Å². The van der Waals surface area contributed by atoms with E-state index >= 15 is 0 Å². The number of hydrogen-bond acceptors (Lipinski definition) is 4. The summed E-state index contributed by atoms with van der Waals surface area (Å²) in [6.45, 7) is 1.57. The Bertz CT molecular complexity index is 1120. The van der Waals surface area contributed by atoms with Gasteiger partial charge < -0.3 is 4.74 Å². The first-order valence-corrected chi connectivity index (χ1v) is 10.9. The predicted molar refractivity (Wildman–Crippen MR) is 106 cm³/mol. The summed E-state index contributed by atoms with van der Waals surface area (Å²) in [5, 5.41) is 4.31. The smallest absolute Gasteiger partial charge is 0.267 e. The number of benzene rings is 2. The average molecular weight is 395 g/mol. The molecule has 1 atom stereocenters. The van der Waals surface area contributed by atoms with Crippen molar-refractivity contribution >= 4 is 15.7 Å². The lowest BCUT2D eigenvalue weighted by Crippen LogP contribution is -2.30. The van der Waals surface area contributed by atoms with Gasteiger partial charge in [-0.05, 0) is 35.6 Å². The summed E-state index contributed by atoms with van der Waals surface area (Å²) in [5.41, 5.74) is 3.92. The Hall–Kier alpha value is -2.64. The van der Waals surface area contributed by atoms with Crippen LogP contribution in [-0.4, -0.2) is 31.4 Å². The molecule has 3 aromatic rings. The Balaban J connectivity index is 1.59. The molecule has 0 radical (unpaired) electrons. The van der Waals surface area contributed by atoms with E-state index in [1.54, 1.807) is 10.9 Å². The van der Waals surface area contributed by atoms with Crippen molar-refractivity contribution in [3.8, 4) is 0 Å². The van der Waals surface area contributed by atoms with Crippen LogP contribution in [0.2, 0.25) is 0 Å². The van der Waals surface area contributed by atoms with Gasteiger partial charge in [0.25, 0.3) is 10.0 Å². The van der Waals surface area contributed by atoms with Gasteiger partial charge in [0.1, 0.15) is 4.90 Å². The van der Waals surface area contributed by atoms with Crippen molar-refractivity contribution in [2.75, 3.05) is 17.5 Å². The highest BCUT2D eigenvalue weighted by molar-refractivity contribution is 7.92. The van der Waals surface area contributed by atoms with E-state index in [1.165, 1.54) is 10.5 Å². The number of hydrogen-bond donors (Lipinski definition) is 0. The molecule has 1 saturated heterocycles. The number of nitrogens with zero attached hydrogens (tertiary/aromatic N) is 3. The highest BCUT2D eigenvalue weighted by atomic mass is 32.2. The number of para-hydroxylation sites is 1. The topological polar surface area (TPSA) is 64.4 Å². The summed E-state index contributed by atoms with van der Waals surface area (Å²) in [7, 11) is -3.74. The Morgan fingerprint density at radius 3 is 2.54 bits per heavy atom. The van der Waals surface area contributed by atoms with E-state index in [0.717, 1.165) is 35.2 Å². The first kappa shape index (κ1) is 17.5. The molecule has 3 heterocycles. The third-order valence-corrected chi connectivity index (χ3v) is 7.23. The van der Waals surface area contributed by atoms with Crippen molar-refractivity contribution in [1.82, 2.24) is 9.78 Å². The molecule has 0 aliphatic carbocycles. The Morgan fingerprint density at radius 2 is 1.75 bits per heavy atom. The summed E-state index contributed by atoms with van der Waals surface area (Å²) < 4.78 is 35.8. The van der Waals surface area contributed by atoms with Gasteiger partial charge in [-0.2, -0.15) is 5.10 Å². The number of fused-ring (bicyclic) bond motifs is 2. The molecule has 1 unspecified atom stereocenters. The number of aromatic nitrogens is 2. The van der Waals surface area contributed by atoms with Crippen LogP contribution < -0.4 is 4.31 Å². The minimum absolute atomic E-state index is 0.0982. The molecule has 7 heteroatoms. The van der Waals surface area contributed by atoms with Gasteiger partial charge in [0.2, 0.25) is 0 Å². The van der Waals surface area contributed by atoms with E-state index in [4.69, 9.17) is 4.74 Å². The van der Waals surface area contributed by atoms with Crippen molar-refractivity contribution in [2.24, 2.45) is 0 Å². The first-order chi connectivity index (χ1) is 13.6. The molecule has 144 valence electrons. The predicted octanol–water partition coefficient (Wildman–Crippen LogP) is 3.14. The zero-order valence-electron chi connectivity index (χ0n) is 15.4. The Morgan fingerprint density at radius 1 is 1.00 bits per heavy atom. The molecule has 28 heavy (non-hydrogen) atoms. The van der Waals surface area contributed by atoms with Crippen LogP contribution in [0.5, 0.6) is 0 Å². The normalized spacial score (nSPS) is 19.1. The molecule has 1 aromatic heterocycles. The summed E-state index contributed by atoms with van der Waals surface area (Å²) >= 11 is 0. The third kappa shape index (κ3) is 2.91.